The van der Waals surface area contributed by atoms with Gasteiger partial charge >= 0.3 is 15.2 Å². The van der Waals surface area contributed by atoms with Gasteiger partial charge in [0.15, 0.2) is 0 Å². The molecule has 0 aliphatic carbocycles. The van der Waals surface area contributed by atoms with Gasteiger partial charge in [-0.25, -0.2) is 0 Å². The van der Waals surface area contributed by atoms with Crippen LogP contribution in [0.2, 0.25) is 0 Å². The van der Waals surface area contributed by atoms with Crippen molar-refractivity contribution < 1.29 is 33.8 Å². The third-order valence-corrected chi connectivity index (χ3v) is 5.52. The van der Waals surface area contributed by atoms with Gasteiger partial charge in [0.05, 0.1) is 0 Å². The van der Waals surface area contributed by atoms with E-state index in [0.29, 0.717) is 0 Å². The Hall–Kier alpha value is 0.220. The summed E-state index contributed by atoms with van der Waals surface area (Å²) in [6.07, 6.45) is -0.873. The molecule has 0 rings (SSSR count). The molecule has 0 saturated heterocycles. The predicted molar refractivity (Wildman–Crippen MR) is 42.7 cm³/mol. The normalized spacial score (nSPS) is 14.6. The smallest absolute Gasteiger partial charge is 0.357 e. The molecule has 0 aromatic rings. The number of aliphatic hydroxyl groups is 1. The molecule has 13 heavy (non-hydrogen) atoms. The second kappa shape index (κ2) is 3.76. The molecule has 0 saturated carbocycles. The minimum Gasteiger partial charge on any atom is -0.396 e. The largest absolute Gasteiger partial charge is 0.396 e. The number of rotatable bonds is 4. The van der Waals surface area contributed by atoms with E-state index < -0.39 is 33.2 Å². The van der Waals surface area contributed by atoms with Crippen LogP contribution in [-0.4, -0.2) is 36.3 Å². The fraction of sp³-hybridized carbons (Fsp3) is 1.00. The van der Waals surface area contributed by atoms with Gasteiger partial charge in [0.25, 0.3) is 0 Å². The Morgan fingerprint density at radius 1 is 1.08 bits per heavy atom. The van der Waals surface area contributed by atoms with Crippen LogP contribution in [0.25, 0.3) is 0 Å². The topological polar surface area (TPSA) is 161 Å². The van der Waals surface area contributed by atoms with Gasteiger partial charge < -0.3 is 30.4 Å². The van der Waals surface area contributed by atoms with Crippen LogP contribution in [0.1, 0.15) is 6.42 Å². The molecular formula is C3H11NO7P2. The minimum atomic E-state index is -5.17. The van der Waals surface area contributed by atoms with Crippen molar-refractivity contribution in [2.45, 2.75) is 11.4 Å². The first-order chi connectivity index (χ1) is 5.56. The molecule has 0 aliphatic heterocycles. The number of aliphatic hydroxyl groups excluding tert-OH is 1. The van der Waals surface area contributed by atoms with Gasteiger partial charge in [-0.1, -0.05) is 0 Å². The molecule has 0 aliphatic rings. The van der Waals surface area contributed by atoms with E-state index in [2.05, 4.69) is 0 Å². The van der Waals surface area contributed by atoms with Crippen molar-refractivity contribution in [1.29, 1.82) is 0 Å². The van der Waals surface area contributed by atoms with Crippen LogP contribution in [0, 0.1) is 0 Å². The average molecular weight is 235 g/mol. The van der Waals surface area contributed by atoms with E-state index in [1.165, 1.54) is 0 Å². The van der Waals surface area contributed by atoms with Crippen LogP contribution in [0.3, 0.4) is 0 Å². The van der Waals surface area contributed by atoms with Gasteiger partial charge in [-0.05, 0) is 0 Å². The van der Waals surface area contributed by atoms with Crippen LogP contribution in [0.4, 0.5) is 0 Å². The molecular weight excluding hydrogens is 224 g/mol. The summed E-state index contributed by atoms with van der Waals surface area (Å²) in [5.41, 5.74) is 4.88. The fourth-order valence-electron chi connectivity index (χ4n) is 0.626. The maximum Gasteiger partial charge on any atom is 0.357 e. The Morgan fingerprint density at radius 3 is 1.46 bits per heavy atom. The Balaban J connectivity index is 5.22. The summed E-state index contributed by atoms with van der Waals surface area (Å²) in [6.45, 7) is -0.827. The van der Waals surface area contributed by atoms with Gasteiger partial charge in [-0.3, -0.25) is 9.13 Å². The third kappa shape index (κ3) is 2.59. The second-order valence-corrected chi connectivity index (χ2v) is 6.57. The first kappa shape index (κ1) is 13.2. The molecule has 0 fully saturated rings. The predicted octanol–water partition coefficient (Wildman–Crippen LogP) is -1.66. The Labute approximate surface area is 73.7 Å². The molecule has 8 nitrogen and oxygen atoms in total. The lowest BCUT2D eigenvalue weighted by atomic mass is 10.4. The zero-order chi connectivity index (χ0) is 10.9. The summed E-state index contributed by atoms with van der Waals surface area (Å²) in [7, 11) is -10.3. The molecule has 0 atom stereocenters. The van der Waals surface area contributed by atoms with Gasteiger partial charge in [-0.2, -0.15) is 0 Å². The zero-order valence-electron chi connectivity index (χ0n) is 6.44. The molecule has 7 N–H and O–H groups in total. The van der Waals surface area contributed by atoms with Gasteiger partial charge in [0, 0.05) is 13.0 Å². The van der Waals surface area contributed by atoms with E-state index in [0.717, 1.165) is 0 Å². The van der Waals surface area contributed by atoms with Gasteiger partial charge in [-0.15, -0.1) is 0 Å². The Morgan fingerprint density at radius 2 is 1.38 bits per heavy atom. The first-order valence-corrected chi connectivity index (χ1v) is 6.30. The molecule has 0 unspecified atom stereocenters. The Bertz CT molecular complexity index is 243. The van der Waals surface area contributed by atoms with Crippen LogP contribution in [0.5, 0.6) is 0 Å². The minimum absolute atomic E-state index is 0.827. The molecule has 0 radical (unpaired) electrons. The maximum absolute atomic E-state index is 10.7. The maximum atomic E-state index is 10.7. The molecule has 10 heteroatoms. The standard InChI is InChI=1S/C3H11NO7P2/c4-3(1-2-5,12(6,7)8)13(9,10)11/h5H,1-2,4H2,(H2,6,7,8)(H2,9,10,11). The number of hydrogen-bond donors (Lipinski definition) is 6. The quantitative estimate of drug-likeness (QED) is 0.315. The summed E-state index contributed by atoms with van der Waals surface area (Å²) in [4.78, 5) is 34.3. The van der Waals surface area contributed by atoms with Crippen molar-refractivity contribution >= 4 is 15.2 Å². The molecule has 0 aromatic carbocycles. The van der Waals surface area contributed by atoms with Gasteiger partial charge in [0.2, 0.25) is 5.02 Å². The molecule has 0 heterocycles. The highest BCUT2D eigenvalue weighted by molar-refractivity contribution is 7.72. The summed E-state index contributed by atoms with van der Waals surface area (Å²) in [6, 6.07) is 0. The van der Waals surface area contributed by atoms with E-state index in [9.17, 15) is 9.13 Å². The molecule has 0 spiro atoms. The van der Waals surface area contributed by atoms with Crippen molar-refractivity contribution in [2.24, 2.45) is 5.73 Å². The highest BCUT2D eigenvalue weighted by Crippen LogP contribution is 2.67. The van der Waals surface area contributed by atoms with E-state index in [1.54, 1.807) is 0 Å². The average Bonchev–Trinajstić information content (AvgIpc) is 1.82. The number of nitrogens with two attached hydrogens (primary N) is 1. The summed E-state index contributed by atoms with van der Waals surface area (Å²) >= 11 is 0. The Kier molecular flexibility index (Phi) is 3.83. The monoisotopic (exact) mass is 235 g/mol. The van der Waals surface area contributed by atoms with Crippen LogP contribution in [-0.2, 0) is 9.13 Å². The van der Waals surface area contributed by atoms with Crippen LogP contribution >= 0.6 is 15.2 Å². The van der Waals surface area contributed by atoms with Crippen LogP contribution in [0.15, 0.2) is 0 Å². The molecule has 0 amide bonds. The van der Waals surface area contributed by atoms with Crippen molar-refractivity contribution in [3.63, 3.8) is 0 Å². The van der Waals surface area contributed by atoms with Gasteiger partial charge in [0.1, 0.15) is 0 Å². The van der Waals surface area contributed by atoms with Crippen molar-refractivity contribution in [3.05, 3.63) is 0 Å². The SMILES string of the molecule is NC(CCO)(P(=O)(O)O)P(=O)(O)O. The molecule has 0 aromatic heterocycles. The first-order valence-electron chi connectivity index (χ1n) is 3.07. The van der Waals surface area contributed by atoms with E-state index in [4.69, 9.17) is 30.4 Å². The second-order valence-electron chi connectivity index (χ2n) is 2.44. The zero-order valence-corrected chi connectivity index (χ0v) is 8.23. The highest BCUT2D eigenvalue weighted by Gasteiger charge is 2.56. The van der Waals surface area contributed by atoms with E-state index in [1.807, 2.05) is 0 Å². The summed E-state index contributed by atoms with van der Waals surface area (Å²) in [5, 5.41) is 5.37. The van der Waals surface area contributed by atoms with E-state index in [-0.39, 0.29) is 0 Å². The van der Waals surface area contributed by atoms with Crippen molar-refractivity contribution in [2.75, 3.05) is 6.61 Å². The molecule has 80 valence electrons. The lowest BCUT2D eigenvalue weighted by Gasteiger charge is -2.29. The lowest BCUT2D eigenvalue weighted by molar-refractivity contribution is 0.246. The van der Waals surface area contributed by atoms with Crippen LogP contribution < -0.4 is 5.73 Å². The number of hydrogen-bond acceptors (Lipinski definition) is 4. The summed E-state index contributed by atoms with van der Waals surface area (Å²) < 4.78 is 21.3. The van der Waals surface area contributed by atoms with Crippen molar-refractivity contribution in [3.8, 4) is 0 Å². The summed E-state index contributed by atoms with van der Waals surface area (Å²) in [5.74, 6) is 0. The van der Waals surface area contributed by atoms with E-state index >= 15 is 0 Å². The lowest BCUT2D eigenvalue weighted by Crippen LogP contribution is -2.40. The third-order valence-electron chi connectivity index (χ3n) is 1.49. The molecule has 0 bridgehead atoms. The highest BCUT2D eigenvalue weighted by atomic mass is 31.2. The van der Waals surface area contributed by atoms with Crippen molar-refractivity contribution in [1.82, 2.24) is 0 Å². The fourth-order valence-corrected chi connectivity index (χ4v) is 2.77.